The third-order valence-electron chi connectivity index (χ3n) is 0.776. The van der Waals surface area contributed by atoms with Gasteiger partial charge >= 0.3 is 13.5 Å². The van der Waals surface area contributed by atoms with E-state index in [1.54, 1.807) is 0 Å². The summed E-state index contributed by atoms with van der Waals surface area (Å²) in [4.78, 5) is 10.5. The molecule has 56 valence electrons. The monoisotopic (exact) mass is 163 g/mol. The van der Waals surface area contributed by atoms with Crippen LogP contribution in [0.3, 0.4) is 0 Å². The standard InChI is InChI=1S/C4H7N2O3P/c1-3(7)4(6-5)10(8)9-2/h1-2H3,(H-,5,7,8)/p+1. The minimum atomic E-state index is -2.16. The van der Waals surface area contributed by atoms with E-state index in [0.717, 1.165) is 0 Å². The van der Waals surface area contributed by atoms with Gasteiger partial charge in [-0.05, 0) is 4.57 Å². The van der Waals surface area contributed by atoms with Crippen LogP contribution < -0.4 is 5.84 Å². The van der Waals surface area contributed by atoms with Crippen molar-refractivity contribution in [3.8, 4) is 0 Å². The van der Waals surface area contributed by atoms with Crippen molar-refractivity contribution in [1.82, 2.24) is 0 Å². The fourth-order valence-corrected chi connectivity index (χ4v) is 0.877. The molecular formula is C4H8N2O3P+. The van der Waals surface area contributed by atoms with Crippen molar-refractivity contribution in [2.75, 3.05) is 7.11 Å². The molecule has 0 aliphatic heterocycles. The van der Waals surface area contributed by atoms with Crippen molar-refractivity contribution in [1.29, 1.82) is 0 Å². The predicted octanol–water partition coefficient (Wildman–Crippen LogP) is 0.236. The summed E-state index contributed by atoms with van der Waals surface area (Å²) in [6, 6.07) is 0. The van der Waals surface area contributed by atoms with Crippen LogP contribution in [-0.2, 0) is 13.9 Å². The molecule has 0 aromatic rings. The van der Waals surface area contributed by atoms with Crippen molar-refractivity contribution in [3.05, 3.63) is 0 Å². The number of hydrogen-bond acceptors (Lipinski definition) is 5. The van der Waals surface area contributed by atoms with Gasteiger partial charge in [-0.1, -0.05) is 0 Å². The van der Waals surface area contributed by atoms with Crippen LogP contribution in [0.2, 0.25) is 0 Å². The first-order chi connectivity index (χ1) is 4.63. The quantitative estimate of drug-likeness (QED) is 0.279. The Hall–Kier alpha value is -0.800. The van der Waals surface area contributed by atoms with Crippen molar-refractivity contribution in [2.45, 2.75) is 6.92 Å². The molecule has 0 bridgehead atoms. The topological polar surface area (TPSA) is 81.8 Å². The van der Waals surface area contributed by atoms with Gasteiger partial charge in [0.05, 0.1) is 7.11 Å². The highest BCUT2D eigenvalue weighted by molar-refractivity contribution is 7.63. The van der Waals surface area contributed by atoms with Gasteiger partial charge in [0.25, 0.3) is 0 Å². The molecule has 0 saturated carbocycles. The highest BCUT2D eigenvalue weighted by atomic mass is 31.1. The number of hydrogen-bond donors (Lipinski definition) is 1. The number of nitrogens with two attached hydrogens (primary N) is 1. The molecule has 0 aromatic heterocycles. The van der Waals surface area contributed by atoms with Crippen molar-refractivity contribution >= 4 is 19.3 Å². The molecule has 6 heteroatoms. The van der Waals surface area contributed by atoms with Crippen molar-refractivity contribution in [3.63, 3.8) is 0 Å². The number of carbonyl (C=O) groups is 1. The van der Waals surface area contributed by atoms with E-state index >= 15 is 0 Å². The molecule has 0 fully saturated rings. The lowest BCUT2D eigenvalue weighted by atomic mass is 10.5. The average Bonchev–Trinajstić information content (AvgIpc) is 1.88. The van der Waals surface area contributed by atoms with Crippen LogP contribution in [0.1, 0.15) is 6.92 Å². The SMILES string of the molecule is CO[P+](=O)C(=NN)C(C)=O. The molecule has 0 radical (unpaired) electrons. The molecule has 0 saturated heterocycles. The number of nitrogens with zero attached hydrogens (tertiary/aromatic N) is 1. The molecule has 5 nitrogen and oxygen atoms in total. The van der Waals surface area contributed by atoms with E-state index in [9.17, 15) is 9.36 Å². The summed E-state index contributed by atoms with van der Waals surface area (Å²) >= 11 is 0. The maximum Gasteiger partial charge on any atom is 0.574 e. The van der Waals surface area contributed by atoms with E-state index in [1.165, 1.54) is 14.0 Å². The van der Waals surface area contributed by atoms with Crippen LogP contribution in [0.5, 0.6) is 0 Å². The smallest absolute Gasteiger partial charge is 0.319 e. The average molecular weight is 163 g/mol. The van der Waals surface area contributed by atoms with E-state index < -0.39 is 13.8 Å². The summed E-state index contributed by atoms with van der Waals surface area (Å²) < 4.78 is 15.0. The lowest BCUT2D eigenvalue weighted by molar-refractivity contribution is -0.110. The first-order valence-corrected chi connectivity index (χ1v) is 3.61. The van der Waals surface area contributed by atoms with Gasteiger partial charge in [-0.25, -0.2) is 0 Å². The molecule has 0 aliphatic carbocycles. The molecular weight excluding hydrogens is 155 g/mol. The van der Waals surface area contributed by atoms with Gasteiger partial charge in [0.15, 0.2) is 0 Å². The van der Waals surface area contributed by atoms with E-state index in [4.69, 9.17) is 5.84 Å². The Kier molecular flexibility index (Phi) is 3.76. The molecule has 1 atom stereocenters. The maximum atomic E-state index is 10.7. The Morgan fingerprint density at radius 3 is 2.30 bits per heavy atom. The Balaban J connectivity index is 4.39. The first-order valence-electron chi connectivity index (χ1n) is 2.43. The summed E-state index contributed by atoms with van der Waals surface area (Å²) in [5.74, 6) is 4.31. The normalized spacial score (nSPS) is 13.0. The number of rotatable bonds is 3. The second-order valence-electron chi connectivity index (χ2n) is 1.45. The van der Waals surface area contributed by atoms with Gasteiger partial charge in [0.2, 0.25) is 5.78 Å². The lowest BCUT2D eigenvalue weighted by Crippen LogP contribution is -2.08. The van der Waals surface area contributed by atoms with Crippen molar-refractivity contribution in [2.24, 2.45) is 10.9 Å². The zero-order valence-corrected chi connectivity index (χ0v) is 6.59. The predicted molar refractivity (Wildman–Crippen MR) is 36.9 cm³/mol. The van der Waals surface area contributed by atoms with Gasteiger partial charge in [-0.2, -0.15) is 0 Å². The molecule has 0 aliphatic rings. The fraction of sp³-hybridized carbons (Fsp3) is 0.500. The number of hydrazone groups is 1. The van der Waals surface area contributed by atoms with E-state index in [1.807, 2.05) is 0 Å². The number of carbonyl (C=O) groups excluding carboxylic acids is 1. The van der Waals surface area contributed by atoms with Crippen LogP contribution in [0.4, 0.5) is 0 Å². The molecule has 0 spiro atoms. The zero-order chi connectivity index (χ0) is 8.15. The molecule has 0 amide bonds. The van der Waals surface area contributed by atoms with Crippen LogP contribution in [-0.4, -0.2) is 18.3 Å². The molecule has 0 aromatic carbocycles. The van der Waals surface area contributed by atoms with Gasteiger partial charge in [-0.15, -0.1) is 9.63 Å². The summed E-state index contributed by atoms with van der Waals surface area (Å²) in [5.41, 5.74) is -0.225. The van der Waals surface area contributed by atoms with Crippen LogP contribution in [0.15, 0.2) is 5.10 Å². The Labute approximate surface area is 59.1 Å². The summed E-state index contributed by atoms with van der Waals surface area (Å²) in [6.07, 6.45) is 0. The van der Waals surface area contributed by atoms with Gasteiger partial charge < -0.3 is 5.84 Å². The summed E-state index contributed by atoms with van der Waals surface area (Å²) in [5, 5.41) is 3.02. The highest BCUT2D eigenvalue weighted by Crippen LogP contribution is 2.22. The maximum absolute atomic E-state index is 10.7. The van der Waals surface area contributed by atoms with Crippen LogP contribution in [0, 0.1) is 0 Å². The minimum Gasteiger partial charge on any atom is -0.319 e. The summed E-state index contributed by atoms with van der Waals surface area (Å²) in [6.45, 7) is 1.22. The Morgan fingerprint density at radius 2 is 2.20 bits per heavy atom. The van der Waals surface area contributed by atoms with E-state index in [0.29, 0.717) is 0 Å². The molecule has 10 heavy (non-hydrogen) atoms. The Bertz CT molecular complexity index is 189. The summed E-state index contributed by atoms with van der Waals surface area (Å²) in [7, 11) is -0.941. The Morgan fingerprint density at radius 1 is 1.70 bits per heavy atom. The van der Waals surface area contributed by atoms with Gasteiger partial charge in [0.1, 0.15) is 0 Å². The lowest BCUT2D eigenvalue weighted by Gasteiger charge is -1.81. The fourth-order valence-electron chi connectivity index (χ4n) is 0.353. The second-order valence-corrected chi connectivity index (χ2v) is 2.75. The molecule has 2 N–H and O–H groups in total. The van der Waals surface area contributed by atoms with E-state index in [-0.39, 0.29) is 5.45 Å². The van der Waals surface area contributed by atoms with Crippen LogP contribution >= 0.6 is 8.03 Å². The molecule has 0 rings (SSSR count). The molecule has 0 heterocycles. The number of Topliss-reactive ketones (excluding diaryl/α,β-unsaturated/α-hetero) is 1. The van der Waals surface area contributed by atoms with Gasteiger partial charge in [0, 0.05) is 6.92 Å². The highest BCUT2D eigenvalue weighted by Gasteiger charge is 2.31. The largest absolute Gasteiger partial charge is 0.574 e. The van der Waals surface area contributed by atoms with Crippen molar-refractivity contribution < 1.29 is 13.9 Å². The zero-order valence-electron chi connectivity index (χ0n) is 5.70. The second kappa shape index (κ2) is 4.09. The first kappa shape index (κ1) is 9.20. The van der Waals surface area contributed by atoms with Crippen LogP contribution in [0.25, 0.3) is 0 Å². The van der Waals surface area contributed by atoms with E-state index in [2.05, 4.69) is 9.63 Å². The van der Waals surface area contributed by atoms with Gasteiger partial charge in [-0.3, -0.25) is 4.79 Å². The third kappa shape index (κ3) is 2.21. The minimum absolute atomic E-state index is 0.225. The number of ketones is 1. The third-order valence-corrected chi connectivity index (χ3v) is 1.88. The molecule has 1 unspecified atom stereocenters.